The van der Waals surface area contributed by atoms with Crippen molar-refractivity contribution in [3.63, 3.8) is 0 Å². The molecule has 0 saturated heterocycles. The number of anilines is 2. The molecule has 0 atom stereocenters. The normalized spacial score (nSPS) is 10.5. The van der Waals surface area contributed by atoms with Crippen LogP contribution in [0.2, 0.25) is 10.0 Å². The maximum absolute atomic E-state index is 13.3. The van der Waals surface area contributed by atoms with Crippen molar-refractivity contribution in [3.8, 4) is 11.5 Å². The molecule has 162 valence electrons. The van der Waals surface area contributed by atoms with Gasteiger partial charge in [-0.1, -0.05) is 41.4 Å². The van der Waals surface area contributed by atoms with Crippen LogP contribution in [0.15, 0.2) is 60.7 Å². The van der Waals surface area contributed by atoms with Gasteiger partial charge in [-0.15, -0.1) is 0 Å². The van der Waals surface area contributed by atoms with Crippen molar-refractivity contribution in [2.75, 3.05) is 23.8 Å². The van der Waals surface area contributed by atoms with E-state index in [0.29, 0.717) is 41.0 Å². The molecule has 0 heterocycles. The van der Waals surface area contributed by atoms with Gasteiger partial charge in [0.25, 0.3) is 5.91 Å². The quantitative estimate of drug-likeness (QED) is 0.399. The van der Waals surface area contributed by atoms with E-state index < -0.39 is 5.82 Å². The summed E-state index contributed by atoms with van der Waals surface area (Å²) in [6.07, 6.45) is 0. The van der Waals surface area contributed by atoms with Crippen molar-refractivity contribution in [1.82, 2.24) is 0 Å². The lowest BCUT2D eigenvalue weighted by Gasteiger charge is -2.16. The first-order valence-corrected chi connectivity index (χ1v) is 10.3. The maximum atomic E-state index is 13.3. The summed E-state index contributed by atoms with van der Waals surface area (Å²) in [5.41, 5.74) is 2.16. The topological polar surface area (TPSA) is 59.6 Å². The zero-order valence-electron chi connectivity index (χ0n) is 16.8. The highest BCUT2D eigenvalue weighted by molar-refractivity contribution is 6.32. The summed E-state index contributed by atoms with van der Waals surface area (Å²) >= 11 is 12.2. The summed E-state index contributed by atoms with van der Waals surface area (Å²) in [5, 5.41) is 6.25. The van der Waals surface area contributed by atoms with Gasteiger partial charge in [-0.05, 0) is 55.0 Å². The third-order valence-corrected chi connectivity index (χ3v) is 4.76. The highest BCUT2D eigenvalue weighted by atomic mass is 35.5. The number of carbonyl (C=O) groups is 1. The molecule has 8 heteroatoms. The van der Waals surface area contributed by atoms with Crippen LogP contribution < -0.4 is 20.1 Å². The molecule has 3 aromatic carbocycles. The predicted molar refractivity (Wildman–Crippen MR) is 122 cm³/mol. The molecule has 2 N–H and O–H groups in total. The van der Waals surface area contributed by atoms with Gasteiger partial charge in [-0.25, -0.2) is 4.39 Å². The second kappa shape index (κ2) is 10.9. The van der Waals surface area contributed by atoms with Crippen LogP contribution in [0.4, 0.5) is 15.8 Å². The SMILES string of the molecule is CCOc1cc(CNc2ccc(F)c(Cl)c2)cc(Cl)c1OCC(=O)Nc1ccccc1. The molecular weight excluding hydrogens is 442 g/mol. The van der Waals surface area contributed by atoms with Crippen molar-refractivity contribution in [2.45, 2.75) is 13.5 Å². The van der Waals surface area contributed by atoms with Gasteiger partial charge in [0.15, 0.2) is 18.1 Å². The number of nitrogens with one attached hydrogen (secondary N) is 2. The van der Waals surface area contributed by atoms with Gasteiger partial charge >= 0.3 is 0 Å². The highest BCUT2D eigenvalue weighted by Gasteiger charge is 2.15. The molecule has 0 saturated carbocycles. The number of halogens is 3. The molecule has 0 bridgehead atoms. The monoisotopic (exact) mass is 462 g/mol. The molecule has 0 unspecified atom stereocenters. The number of rotatable bonds is 9. The number of carbonyl (C=O) groups excluding carboxylic acids is 1. The number of hydrogen-bond donors (Lipinski definition) is 2. The molecule has 0 spiro atoms. The van der Waals surface area contributed by atoms with E-state index in [1.807, 2.05) is 25.1 Å². The lowest BCUT2D eigenvalue weighted by Crippen LogP contribution is -2.20. The third-order valence-electron chi connectivity index (χ3n) is 4.19. The van der Waals surface area contributed by atoms with Gasteiger partial charge in [0.2, 0.25) is 0 Å². The largest absolute Gasteiger partial charge is 0.490 e. The van der Waals surface area contributed by atoms with E-state index in [1.54, 1.807) is 30.3 Å². The second-order valence-corrected chi connectivity index (χ2v) is 7.34. The Morgan fingerprint density at radius 1 is 0.968 bits per heavy atom. The van der Waals surface area contributed by atoms with Crippen molar-refractivity contribution in [3.05, 3.63) is 82.1 Å². The summed E-state index contributed by atoms with van der Waals surface area (Å²) in [4.78, 5) is 12.2. The smallest absolute Gasteiger partial charge is 0.262 e. The summed E-state index contributed by atoms with van der Waals surface area (Å²) in [6, 6.07) is 17.0. The van der Waals surface area contributed by atoms with Crippen LogP contribution >= 0.6 is 23.2 Å². The molecule has 0 aliphatic heterocycles. The molecule has 1 amide bonds. The van der Waals surface area contributed by atoms with Crippen LogP contribution in [-0.4, -0.2) is 19.1 Å². The zero-order valence-corrected chi connectivity index (χ0v) is 18.3. The van der Waals surface area contributed by atoms with E-state index in [1.165, 1.54) is 12.1 Å². The van der Waals surface area contributed by atoms with Gasteiger partial charge in [-0.2, -0.15) is 0 Å². The Morgan fingerprint density at radius 2 is 1.74 bits per heavy atom. The third kappa shape index (κ3) is 6.51. The first kappa shape index (κ1) is 22.7. The van der Waals surface area contributed by atoms with Crippen LogP contribution in [0, 0.1) is 5.82 Å². The van der Waals surface area contributed by atoms with Gasteiger partial charge in [-0.3, -0.25) is 4.79 Å². The Balaban J connectivity index is 1.67. The van der Waals surface area contributed by atoms with E-state index in [9.17, 15) is 9.18 Å². The maximum Gasteiger partial charge on any atom is 0.262 e. The molecule has 31 heavy (non-hydrogen) atoms. The van der Waals surface area contributed by atoms with Crippen LogP contribution in [0.5, 0.6) is 11.5 Å². The summed E-state index contributed by atoms with van der Waals surface area (Å²) < 4.78 is 24.6. The lowest BCUT2D eigenvalue weighted by molar-refractivity contribution is -0.118. The van der Waals surface area contributed by atoms with Gasteiger partial charge in [0, 0.05) is 17.9 Å². The van der Waals surface area contributed by atoms with Crippen LogP contribution in [0.3, 0.4) is 0 Å². The summed E-state index contributed by atoms with van der Waals surface area (Å²) in [7, 11) is 0. The first-order valence-electron chi connectivity index (χ1n) is 9.58. The second-order valence-electron chi connectivity index (χ2n) is 6.52. The number of ether oxygens (including phenoxy) is 2. The Morgan fingerprint density at radius 3 is 2.45 bits per heavy atom. The number of benzene rings is 3. The Bertz CT molecular complexity index is 1050. The average molecular weight is 463 g/mol. The van der Waals surface area contributed by atoms with Crippen molar-refractivity contribution in [2.24, 2.45) is 0 Å². The Hall–Kier alpha value is -2.96. The van der Waals surface area contributed by atoms with E-state index in [-0.39, 0.29) is 17.5 Å². The zero-order chi connectivity index (χ0) is 22.2. The molecule has 0 aromatic heterocycles. The minimum absolute atomic E-state index is 0.0376. The lowest BCUT2D eigenvalue weighted by atomic mass is 10.2. The molecule has 3 rings (SSSR count). The van der Waals surface area contributed by atoms with E-state index >= 15 is 0 Å². The number of para-hydroxylation sites is 1. The van der Waals surface area contributed by atoms with Crippen molar-refractivity contribution >= 4 is 40.5 Å². The van der Waals surface area contributed by atoms with E-state index in [2.05, 4.69) is 10.6 Å². The van der Waals surface area contributed by atoms with Gasteiger partial charge in [0.1, 0.15) is 5.82 Å². The van der Waals surface area contributed by atoms with E-state index in [4.69, 9.17) is 32.7 Å². The number of amides is 1. The van der Waals surface area contributed by atoms with Crippen LogP contribution in [0.1, 0.15) is 12.5 Å². The van der Waals surface area contributed by atoms with E-state index in [0.717, 1.165) is 5.56 Å². The Kier molecular flexibility index (Phi) is 7.98. The standard InChI is InChI=1S/C23H21Cl2FN2O3/c1-2-30-21-11-15(13-27-17-8-9-20(26)18(24)12-17)10-19(25)23(21)31-14-22(29)28-16-6-4-3-5-7-16/h3-12,27H,2,13-14H2,1H3,(H,28,29). The van der Waals surface area contributed by atoms with Gasteiger partial charge < -0.3 is 20.1 Å². The van der Waals surface area contributed by atoms with Gasteiger partial charge in [0.05, 0.1) is 16.7 Å². The molecule has 0 aliphatic carbocycles. The van der Waals surface area contributed by atoms with Crippen LogP contribution in [0.25, 0.3) is 0 Å². The Labute approximate surface area is 190 Å². The molecular formula is C23H21Cl2FN2O3. The minimum atomic E-state index is -0.480. The summed E-state index contributed by atoms with van der Waals surface area (Å²) in [5.74, 6) is -0.0768. The number of hydrogen-bond acceptors (Lipinski definition) is 4. The summed E-state index contributed by atoms with van der Waals surface area (Å²) in [6.45, 7) is 2.41. The molecule has 5 nitrogen and oxygen atoms in total. The molecule has 0 fully saturated rings. The average Bonchev–Trinajstić information content (AvgIpc) is 2.75. The fraction of sp³-hybridized carbons (Fsp3) is 0.174. The van der Waals surface area contributed by atoms with Crippen molar-refractivity contribution < 1.29 is 18.7 Å². The molecule has 0 aliphatic rings. The van der Waals surface area contributed by atoms with Crippen LogP contribution in [-0.2, 0) is 11.3 Å². The fourth-order valence-corrected chi connectivity index (χ4v) is 3.26. The van der Waals surface area contributed by atoms with Crippen molar-refractivity contribution in [1.29, 1.82) is 0 Å². The molecule has 0 radical (unpaired) electrons. The fourth-order valence-electron chi connectivity index (χ4n) is 2.79. The first-order chi connectivity index (χ1) is 15.0. The molecule has 3 aromatic rings. The predicted octanol–water partition coefficient (Wildman–Crippen LogP) is 6.16. The highest BCUT2D eigenvalue weighted by Crippen LogP contribution is 2.37. The minimum Gasteiger partial charge on any atom is -0.490 e.